The van der Waals surface area contributed by atoms with Gasteiger partial charge in [-0.3, -0.25) is 9.69 Å². The SMILES string of the molecule is COC(=O)CC1CCN(Cc2ccc(-c3cccc(-c4cccc(N)c4C)c3Cl)nc2OC)CC1. The summed E-state index contributed by atoms with van der Waals surface area (Å²) in [5.41, 5.74) is 12.4. The van der Waals surface area contributed by atoms with Gasteiger partial charge in [0, 0.05) is 35.3 Å². The lowest BCUT2D eigenvalue weighted by atomic mass is 9.93. The van der Waals surface area contributed by atoms with Crippen molar-refractivity contribution < 1.29 is 14.3 Å². The maximum absolute atomic E-state index is 11.6. The Morgan fingerprint density at radius 1 is 1.06 bits per heavy atom. The average molecular weight is 494 g/mol. The molecule has 0 unspecified atom stereocenters. The zero-order chi connectivity index (χ0) is 24.9. The monoisotopic (exact) mass is 493 g/mol. The van der Waals surface area contributed by atoms with E-state index in [-0.39, 0.29) is 5.97 Å². The van der Waals surface area contributed by atoms with Crippen molar-refractivity contribution >= 4 is 23.3 Å². The molecule has 1 fully saturated rings. The number of methoxy groups -OCH3 is 2. The zero-order valence-electron chi connectivity index (χ0n) is 20.5. The normalized spacial score (nSPS) is 14.6. The Hall–Kier alpha value is -3.09. The smallest absolute Gasteiger partial charge is 0.305 e. The molecule has 7 heteroatoms. The Labute approximate surface area is 212 Å². The summed E-state index contributed by atoms with van der Waals surface area (Å²) in [6.07, 6.45) is 2.46. The molecule has 0 atom stereocenters. The van der Waals surface area contributed by atoms with E-state index in [1.165, 1.54) is 7.11 Å². The Bertz CT molecular complexity index is 1210. The molecule has 1 aliphatic heterocycles. The van der Waals surface area contributed by atoms with Gasteiger partial charge in [0.05, 0.1) is 24.9 Å². The zero-order valence-corrected chi connectivity index (χ0v) is 21.3. The molecule has 0 spiro atoms. The molecule has 2 heterocycles. The molecule has 35 heavy (non-hydrogen) atoms. The van der Waals surface area contributed by atoms with E-state index in [9.17, 15) is 4.79 Å². The first-order valence-corrected chi connectivity index (χ1v) is 12.3. The highest BCUT2D eigenvalue weighted by Gasteiger charge is 2.23. The highest BCUT2D eigenvalue weighted by atomic mass is 35.5. The molecule has 0 amide bonds. The molecule has 1 aromatic heterocycles. The molecule has 184 valence electrons. The van der Waals surface area contributed by atoms with Crippen LogP contribution in [-0.4, -0.2) is 43.2 Å². The second kappa shape index (κ2) is 11.1. The van der Waals surface area contributed by atoms with Crippen LogP contribution in [0.4, 0.5) is 5.69 Å². The van der Waals surface area contributed by atoms with E-state index in [2.05, 4.69) is 11.0 Å². The van der Waals surface area contributed by atoms with Gasteiger partial charge in [0.1, 0.15) is 0 Å². The summed E-state index contributed by atoms with van der Waals surface area (Å²) in [5, 5.41) is 0.635. The van der Waals surface area contributed by atoms with Crippen LogP contribution in [0.3, 0.4) is 0 Å². The van der Waals surface area contributed by atoms with Crippen LogP contribution >= 0.6 is 11.6 Å². The van der Waals surface area contributed by atoms with E-state index < -0.39 is 0 Å². The van der Waals surface area contributed by atoms with E-state index in [4.69, 9.17) is 31.8 Å². The number of pyridine rings is 1. The predicted octanol–water partition coefficient (Wildman–Crippen LogP) is 5.74. The van der Waals surface area contributed by atoms with Crippen molar-refractivity contribution in [3.05, 3.63) is 64.7 Å². The number of aromatic nitrogens is 1. The highest BCUT2D eigenvalue weighted by molar-refractivity contribution is 6.36. The Morgan fingerprint density at radius 2 is 1.74 bits per heavy atom. The van der Waals surface area contributed by atoms with Crippen molar-refractivity contribution in [2.75, 3.05) is 33.0 Å². The molecule has 2 N–H and O–H groups in total. The summed E-state index contributed by atoms with van der Waals surface area (Å²) in [6.45, 7) is 4.61. The van der Waals surface area contributed by atoms with E-state index in [1.807, 2.05) is 49.4 Å². The van der Waals surface area contributed by atoms with Crippen molar-refractivity contribution in [3.8, 4) is 28.3 Å². The lowest BCUT2D eigenvalue weighted by molar-refractivity contribution is -0.142. The number of halogens is 1. The first-order chi connectivity index (χ1) is 16.9. The van der Waals surface area contributed by atoms with Gasteiger partial charge >= 0.3 is 5.97 Å². The van der Waals surface area contributed by atoms with Gasteiger partial charge in [-0.2, -0.15) is 0 Å². The maximum Gasteiger partial charge on any atom is 0.305 e. The Morgan fingerprint density at radius 3 is 2.46 bits per heavy atom. The number of ether oxygens (including phenoxy) is 2. The number of hydrogen-bond donors (Lipinski definition) is 1. The summed E-state index contributed by atoms with van der Waals surface area (Å²) < 4.78 is 10.5. The first-order valence-electron chi connectivity index (χ1n) is 11.9. The molecule has 6 nitrogen and oxygen atoms in total. The number of rotatable bonds is 7. The molecule has 0 bridgehead atoms. The molecule has 4 rings (SSSR count). The van der Waals surface area contributed by atoms with Crippen LogP contribution in [0.15, 0.2) is 48.5 Å². The molecule has 2 aromatic carbocycles. The fourth-order valence-corrected chi connectivity index (χ4v) is 5.03. The standard InChI is InChI=1S/C28H32ClN3O3/c1-18-21(6-5-9-24(18)30)22-7-4-8-23(27(22)29)25-11-10-20(28(31-25)35-3)17-32-14-12-19(13-15-32)16-26(33)34-2/h4-11,19H,12-17,30H2,1-3H3. The van der Waals surface area contributed by atoms with Crippen molar-refractivity contribution in [2.24, 2.45) is 5.92 Å². The summed E-state index contributed by atoms with van der Waals surface area (Å²) in [7, 11) is 3.09. The third-order valence-electron chi connectivity index (χ3n) is 6.86. The summed E-state index contributed by atoms with van der Waals surface area (Å²) in [6, 6.07) is 15.9. The second-order valence-electron chi connectivity index (χ2n) is 9.05. The number of piperidine rings is 1. The molecule has 0 radical (unpaired) electrons. The van der Waals surface area contributed by atoms with Crippen LogP contribution in [0.5, 0.6) is 5.88 Å². The minimum Gasteiger partial charge on any atom is -0.481 e. The molecule has 0 aliphatic carbocycles. The van der Waals surface area contributed by atoms with E-state index in [1.54, 1.807) is 7.11 Å². The lowest BCUT2D eigenvalue weighted by Gasteiger charge is -2.31. The number of nitrogens with two attached hydrogens (primary N) is 1. The molecule has 1 aliphatic rings. The second-order valence-corrected chi connectivity index (χ2v) is 9.43. The number of likely N-dealkylation sites (tertiary alicyclic amines) is 1. The maximum atomic E-state index is 11.6. The Kier molecular flexibility index (Phi) is 7.93. The highest BCUT2D eigenvalue weighted by Crippen LogP contribution is 2.39. The van der Waals surface area contributed by atoms with Crippen LogP contribution < -0.4 is 10.5 Å². The third kappa shape index (κ3) is 5.60. The minimum atomic E-state index is -0.126. The van der Waals surface area contributed by atoms with Crippen LogP contribution in [-0.2, 0) is 16.1 Å². The van der Waals surface area contributed by atoms with Crippen LogP contribution in [0.2, 0.25) is 5.02 Å². The van der Waals surface area contributed by atoms with Gasteiger partial charge in [-0.25, -0.2) is 4.98 Å². The summed E-state index contributed by atoms with van der Waals surface area (Å²) in [5.74, 6) is 0.860. The molecule has 3 aromatic rings. The van der Waals surface area contributed by atoms with Crippen molar-refractivity contribution in [3.63, 3.8) is 0 Å². The summed E-state index contributed by atoms with van der Waals surface area (Å²) >= 11 is 6.89. The number of nitrogens with zero attached hydrogens (tertiary/aromatic N) is 2. The van der Waals surface area contributed by atoms with Gasteiger partial charge in [0.25, 0.3) is 0 Å². The van der Waals surface area contributed by atoms with E-state index >= 15 is 0 Å². The third-order valence-corrected chi connectivity index (χ3v) is 7.26. The number of carbonyl (C=O) groups excluding carboxylic acids is 1. The Balaban J connectivity index is 1.53. The average Bonchev–Trinajstić information content (AvgIpc) is 2.87. The van der Waals surface area contributed by atoms with Crippen LogP contribution in [0.25, 0.3) is 22.4 Å². The molecular weight excluding hydrogens is 462 g/mol. The van der Waals surface area contributed by atoms with Crippen molar-refractivity contribution in [1.29, 1.82) is 0 Å². The topological polar surface area (TPSA) is 77.7 Å². The minimum absolute atomic E-state index is 0.126. The quantitative estimate of drug-likeness (QED) is 0.334. The number of carbonyl (C=O) groups is 1. The lowest BCUT2D eigenvalue weighted by Crippen LogP contribution is -2.34. The van der Waals surface area contributed by atoms with E-state index in [0.717, 1.165) is 71.7 Å². The van der Waals surface area contributed by atoms with Gasteiger partial charge < -0.3 is 15.2 Å². The van der Waals surface area contributed by atoms with Crippen molar-refractivity contribution in [2.45, 2.75) is 32.7 Å². The number of benzene rings is 2. The van der Waals surface area contributed by atoms with Gasteiger partial charge in [0.15, 0.2) is 0 Å². The van der Waals surface area contributed by atoms with Gasteiger partial charge in [0.2, 0.25) is 5.88 Å². The van der Waals surface area contributed by atoms with Gasteiger partial charge in [-0.1, -0.05) is 48.0 Å². The number of anilines is 1. The van der Waals surface area contributed by atoms with Gasteiger partial charge in [-0.15, -0.1) is 0 Å². The summed E-state index contributed by atoms with van der Waals surface area (Å²) in [4.78, 5) is 18.8. The molecule has 1 saturated heterocycles. The number of hydrogen-bond acceptors (Lipinski definition) is 6. The van der Waals surface area contributed by atoms with Crippen LogP contribution in [0.1, 0.15) is 30.4 Å². The molecular formula is C28H32ClN3O3. The number of esters is 1. The fraction of sp³-hybridized carbons (Fsp3) is 0.357. The van der Waals surface area contributed by atoms with Crippen LogP contribution in [0, 0.1) is 12.8 Å². The predicted molar refractivity (Wildman–Crippen MR) is 140 cm³/mol. The van der Waals surface area contributed by atoms with Gasteiger partial charge in [-0.05, 0) is 62.0 Å². The van der Waals surface area contributed by atoms with E-state index in [0.29, 0.717) is 23.2 Å². The number of nitrogen functional groups attached to an aromatic ring is 1. The fourth-order valence-electron chi connectivity index (χ4n) is 4.71. The van der Waals surface area contributed by atoms with Crippen molar-refractivity contribution in [1.82, 2.24) is 9.88 Å². The molecule has 0 saturated carbocycles. The largest absolute Gasteiger partial charge is 0.481 e. The first kappa shape index (κ1) is 25.0.